The summed E-state index contributed by atoms with van der Waals surface area (Å²) in [6.07, 6.45) is 10.2. The molecule has 5 rings (SSSR count). The molecule has 4 aromatic rings. The maximum Gasteiger partial charge on any atom is 0.234 e. The van der Waals surface area contributed by atoms with Gasteiger partial charge in [0.15, 0.2) is 0 Å². The van der Waals surface area contributed by atoms with Crippen LogP contribution in [0.3, 0.4) is 0 Å². The molecule has 0 saturated heterocycles. The molecular weight excluding hydrogens is 390 g/mol. The van der Waals surface area contributed by atoms with Gasteiger partial charge in [-0.3, -0.25) is 4.40 Å². The highest BCUT2D eigenvalue weighted by molar-refractivity contribution is 5.71. The van der Waals surface area contributed by atoms with Crippen molar-refractivity contribution < 1.29 is 5.11 Å². The number of aromatic hydroxyl groups is 1. The minimum Gasteiger partial charge on any atom is -0.507 e. The van der Waals surface area contributed by atoms with E-state index in [0.717, 1.165) is 12.1 Å². The zero-order valence-corrected chi connectivity index (χ0v) is 18.0. The van der Waals surface area contributed by atoms with Crippen molar-refractivity contribution >= 4 is 11.4 Å². The summed E-state index contributed by atoms with van der Waals surface area (Å²) >= 11 is 0. The minimum atomic E-state index is -0.109. The second-order valence-electron chi connectivity index (χ2n) is 9.24. The number of rotatable bonds is 3. The lowest BCUT2D eigenvalue weighted by Crippen LogP contribution is -2.53. The van der Waals surface area contributed by atoms with Crippen LogP contribution in [0.2, 0.25) is 0 Å². The molecule has 158 valence electrons. The number of hydrogen-bond acceptors (Lipinski definition) is 6. The zero-order valence-electron chi connectivity index (χ0n) is 18.0. The van der Waals surface area contributed by atoms with E-state index in [-0.39, 0.29) is 16.8 Å². The van der Waals surface area contributed by atoms with Gasteiger partial charge in [-0.25, -0.2) is 9.97 Å². The van der Waals surface area contributed by atoms with Crippen LogP contribution in [0.4, 0.5) is 0 Å². The van der Waals surface area contributed by atoms with Gasteiger partial charge in [0.2, 0.25) is 5.78 Å². The highest BCUT2D eigenvalue weighted by Crippen LogP contribution is 2.34. The van der Waals surface area contributed by atoms with E-state index in [1.54, 1.807) is 18.5 Å². The van der Waals surface area contributed by atoms with E-state index in [9.17, 15) is 5.11 Å². The van der Waals surface area contributed by atoms with Crippen molar-refractivity contribution in [1.29, 1.82) is 0 Å². The molecule has 0 bridgehead atoms. The first-order valence-corrected chi connectivity index (χ1v) is 10.3. The number of fused-ring (bicyclic) bond motifs is 1. The Balaban J connectivity index is 1.51. The van der Waals surface area contributed by atoms with E-state index in [2.05, 4.69) is 54.3 Å². The summed E-state index contributed by atoms with van der Waals surface area (Å²) in [6, 6.07) is 7.31. The number of aromatic nitrogens is 6. The fourth-order valence-electron chi connectivity index (χ4n) is 4.47. The molecule has 0 fully saturated rings. The standard InChI is InChI=1S/C23H25N7O/c1-22(2)12-15(13-23(3,4)28-22)18-7-10-29-14-19(27-21(29)26-18)17-6-5-16(11-20(17)31)30-24-8-9-25-30/h5-12,14,28,31H,13H2,1-4H3. The highest BCUT2D eigenvalue weighted by Gasteiger charge is 2.33. The van der Waals surface area contributed by atoms with Crippen LogP contribution in [0.25, 0.3) is 28.3 Å². The third-order valence-electron chi connectivity index (χ3n) is 5.39. The van der Waals surface area contributed by atoms with E-state index in [4.69, 9.17) is 4.98 Å². The van der Waals surface area contributed by atoms with Gasteiger partial charge in [-0.05, 0) is 57.9 Å². The fourth-order valence-corrected chi connectivity index (χ4v) is 4.47. The van der Waals surface area contributed by atoms with Crippen molar-refractivity contribution in [3.05, 3.63) is 60.8 Å². The molecule has 0 amide bonds. The molecule has 0 unspecified atom stereocenters. The summed E-state index contributed by atoms with van der Waals surface area (Å²) in [5.41, 5.74) is 3.98. The van der Waals surface area contributed by atoms with Gasteiger partial charge in [0, 0.05) is 35.1 Å². The van der Waals surface area contributed by atoms with Gasteiger partial charge in [-0.1, -0.05) is 6.08 Å². The van der Waals surface area contributed by atoms with Crippen LogP contribution in [0, 0.1) is 0 Å². The van der Waals surface area contributed by atoms with Gasteiger partial charge in [0.25, 0.3) is 0 Å². The Kier molecular flexibility index (Phi) is 4.23. The van der Waals surface area contributed by atoms with Crippen LogP contribution in [0.15, 0.2) is 55.1 Å². The minimum absolute atomic E-state index is 0.0149. The van der Waals surface area contributed by atoms with Gasteiger partial charge in [-0.15, -0.1) is 0 Å². The van der Waals surface area contributed by atoms with Crippen molar-refractivity contribution in [3.63, 3.8) is 0 Å². The van der Waals surface area contributed by atoms with Crippen molar-refractivity contribution in [2.24, 2.45) is 0 Å². The number of phenolic OH excluding ortho intramolecular Hbond substituents is 1. The molecule has 1 aliphatic heterocycles. The Labute approximate surface area is 180 Å². The molecular formula is C23H25N7O. The summed E-state index contributed by atoms with van der Waals surface area (Å²) in [4.78, 5) is 10.9. The highest BCUT2D eigenvalue weighted by atomic mass is 16.3. The third kappa shape index (κ3) is 3.70. The number of imidazole rings is 1. The van der Waals surface area contributed by atoms with E-state index >= 15 is 0 Å². The normalized spacial score (nSPS) is 17.6. The lowest BCUT2D eigenvalue weighted by atomic mass is 9.82. The fraction of sp³-hybridized carbons (Fsp3) is 0.304. The molecule has 4 heterocycles. The van der Waals surface area contributed by atoms with E-state index in [1.165, 1.54) is 10.4 Å². The monoisotopic (exact) mass is 415 g/mol. The van der Waals surface area contributed by atoms with E-state index in [0.29, 0.717) is 22.7 Å². The number of hydrogen-bond donors (Lipinski definition) is 2. The molecule has 2 N–H and O–H groups in total. The van der Waals surface area contributed by atoms with Gasteiger partial charge < -0.3 is 10.4 Å². The Hall–Kier alpha value is -3.52. The van der Waals surface area contributed by atoms with Gasteiger partial charge in [0.1, 0.15) is 5.75 Å². The Bertz CT molecular complexity index is 1300. The summed E-state index contributed by atoms with van der Waals surface area (Å²) in [5.74, 6) is 0.711. The molecule has 0 spiro atoms. The molecule has 0 saturated carbocycles. The smallest absolute Gasteiger partial charge is 0.234 e. The van der Waals surface area contributed by atoms with Crippen molar-refractivity contribution in [1.82, 2.24) is 34.7 Å². The number of nitrogens with zero attached hydrogens (tertiary/aromatic N) is 6. The first-order valence-electron chi connectivity index (χ1n) is 10.3. The van der Waals surface area contributed by atoms with Gasteiger partial charge >= 0.3 is 0 Å². The third-order valence-corrected chi connectivity index (χ3v) is 5.39. The SMILES string of the molecule is CC1(C)C=C(c2ccn3cc(-c4ccc(-n5nccn5)cc4O)nc3n2)CC(C)(C)N1. The maximum atomic E-state index is 10.6. The van der Waals surface area contributed by atoms with Crippen LogP contribution >= 0.6 is 0 Å². The van der Waals surface area contributed by atoms with Crippen molar-refractivity contribution in [2.75, 3.05) is 0 Å². The second kappa shape index (κ2) is 6.75. The van der Waals surface area contributed by atoms with E-state index < -0.39 is 0 Å². The largest absolute Gasteiger partial charge is 0.507 e. The molecule has 1 aliphatic rings. The summed E-state index contributed by atoms with van der Waals surface area (Å²) in [7, 11) is 0. The van der Waals surface area contributed by atoms with E-state index in [1.807, 2.05) is 35.0 Å². The molecule has 3 aromatic heterocycles. The summed E-state index contributed by atoms with van der Waals surface area (Å²) < 4.78 is 1.87. The second-order valence-corrected chi connectivity index (χ2v) is 9.24. The van der Waals surface area contributed by atoms with Gasteiger partial charge in [-0.2, -0.15) is 15.0 Å². The topological polar surface area (TPSA) is 93.2 Å². The van der Waals surface area contributed by atoms with Crippen molar-refractivity contribution in [2.45, 2.75) is 45.2 Å². The molecule has 0 radical (unpaired) electrons. The van der Waals surface area contributed by atoms with Crippen LogP contribution in [0.1, 0.15) is 39.8 Å². The average Bonchev–Trinajstić information content (AvgIpc) is 3.34. The predicted octanol–water partition coefficient (Wildman–Crippen LogP) is 3.62. The Morgan fingerprint density at radius 3 is 2.45 bits per heavy atom. The first-order chi connectivity index (χ1) is 14.7. The number of phenols is 1. The Morgan fingerprint density at radius 1 is 1.00 bits per heavy atom. The van der Waals surface area contributed by atoms with Crippen LogP contribution in [-0.4, -0.2) is 45.5 Å². The van der Waals surface area contributed by atoms with Crippen LogP contribution in [-0.2, 0) is 0 Å². The quantitative estimate of drug-likeness (QED) is 0.531. The van der Waals surface area contributed by atoms with Crippen LogP contribution in [0.5, 0.6) is 5.75 Å². The Morgan fingerprint density at radius 2 is 1.74 bits per heavy atom. The average molecular weight is 416 g/mol. The molecule has 0 atom stereocenters. The van der Waals surface area contributed by atoms with Gasteiger partial charge in [0.05, 0.1) is 29.5 Å². The lowest BCUT2D eigenvalue weighted by molar-refractivity contribution is 0.297. The zero-order chi connectivity index (χ0) is 21.8. The lowest BCUT2D eigenvalue weighted by Gasteiger charge is -2.41. The predicted molar refractivity (Wildman–Crippen MR) is 119 cm³/mol. The number of benzene rings is 1. The number of nitrogens with one attached hydrogen (secondary N) is 1. The maximum absolute atomic E-state index is 10.6. The first kappa shape index (κ1) is 19.4. The molecule has 8 nitrogen and oxygen atoms in total. The van der Waals surface area contributed by atoms with Crippen molar-refractivity contribution in [3.8, 4) is 22.7 Å². The molecule has 8 heteroatoms. The molecule has 0 aliphatic carbocycles. The molecule has 31 heavy (non-hydrogen) atoms. The van der Waals surface area contributed by atoms with Crippen LogP contribution < -0.4 is 5.32 Å². The summed E-state index contributed by atoms with van der Waals surface area (Å²) in [5, 5.41) is 22.4. The molecule has 1 aromatic carbocycles. The summed E-state index contributed by atoms with van der Waals surface area (Å²) in [6.45, 7) is 8.76.